The molecule has 0 radical (unpaired) electrons. The van der Waals surface area contributed by atoms with Crippen LogP contribution in [0.2, 0.25) is 10.0 Å². The maximum Gasteiger partial charge on any atom is 0.264 e. The van der Waals surface area contributed by atoms with E-state index in [2.05, 4.69) is 0 Å². The van der Waals surface area contributed by atoms with Crippen LogP contribution in [0, 0.1) is 11.3 Å². The Hall–Kier alpha value is -2.74. The third-order valence-electron chi connectivity index (χ3n) is 4.23. The van der Waals surface area contributed by atoms with Crippen molar-refractivity contribution in [3.63, 3.8) is 0 Å². The lowest BCUT2D eigenvalue weighted by Gasteiger charge is -2.08. The van der Waals surface area contributed by atoms with Crippen molar-refractivity contribution in [1.29, 1.82) is 5.26 Å². The number of hydrogen-bond acceptors (Lipinski definition) is 2. The minimum Gasteiger partial charge on any atom is -0.344 e. The van der Waals surface area contributed by atoms with Gasteiger partial charge in [-0.05, 0) is 29.8 Å². The molecule has 1 heterocycles. The van der Waals surface area contributed by atoms with Crippen molar-refractivity contribution in [3.05, 3.63) is 75.4 Å². The van der Waals surface area contributed by atoms with E-state index in [0.29, 0.717) is 16.6 Å². The monoisotopic (exact) mass is 397 g/mol. The minimum atomic E-state index is -0.324. The summed E-state index contributed by atoms with van der Waals surface area (Å²) in [7, 11) is 3.25. The Morgan fingerprint density at radius 1 is 1.22 bits per heavy atom. The lowest BCUT2D eigenvalue weighted by atomic mass is 10.1. The van der Waals surface area contributed by atoms with Crippen LogP contribution in [0.3, 0.4) is 0 Å². The fourth-order valence-corrected chi connectivity index (χ4v) is 3.36. The molecule has 0 atom stereocenters. The van der Waals surface area contributed by atoms with E-state index in [1.165, 1.54) is 4.90 Å². The van der Waals surface area contributed by atoms with Crippen LogP contribution in [0.4, 0.5) is 0 Å². The topological polar surface area (TPSA) is 49.0 Å². The van der Waals surface area contributed by atoms with Crippen LogP contribution >= 0.6 is 23.2 Å². The maximum absolute atomic E-state index is 12.2. The maximum atomic E-state index is 12.2. The first-order valence-electron chi connectivity index (χ1n) is 8.26. The first kappa shape index (κ1) is 19.0. The lowest BCUT2D eigenvalue weighted by Crippen LogP contribution is -2.22. The molecule has 0 unspecified atom stereocenters. The van der Waals surface area contributed by atoms with E-state index in [1.807, 2.05) is 47.2 Å². The number of hydrogen-bond donors (Lipinski definition) is 0. The predicted octanol–water partition coefficient (Wildman–Crippen LogP) is 4.99. The van der Waals surface area contributed by atoms with Gasteiger partial charge in [-0.15, -0.1) is 0 Å². The van der Waals surface area contributed by atoms with Gasteiger partial charge in [-0.2, -0.15) is 5.26 Å². The number of fused-ring (bicyclic) bond motifs is 1. The van der Waals surface area contributed by atoms with Gasteiger partial charge in [0.05, 0.1) is 0 Å². The molecule has 0 spiro atoms. The highest BCUT2D eigenvalue weighted by Gasteiger charge is 2.14. The summed E-state index contributed by atoms with van der Waals surface area (Å²) in [6, 6.07) is 15.3. The molecule has 0 fully saturated rings. The van der Waals surface area contributed by atoms with Crippen molar-refractivity contribution in [1.82, 2.24) is 9.47 Å². The smallest absolute Gasteiger partial charge is 0.264 e. The molecule has 0 N–H and O–H groups in total. The average molecular weight is 398 g/mol. The zero-order valence-corrected chi connectivity index (χ0v) is 16.4. The van der Waals surface area contributed by atoms with Gasteiger partial charge in [0.1, 0.15) is 11.6 Å². The molecule has 0 saturated carbocycles. The Morgan fingerprint density at radius 3 is 2.63 bits per heavy atom. The third-order valence-corrected chi connectivity index (χ3v) is 4.82. The van der Waals surface area contributed by atoms with Gasteiger partial charge < -0.3 is 9.47 Å². The number of rotatable bonds is 4. The highest BCUT2D eigenvalue weighted by Crippen LogP contribution is 2.27. The summed E-state index contributed by atoms with van der Waals surface area (Å²) < 4.78 is 2.05. The second-order valence-electron chi connectivity index (χ2n) is 6.33. The van der Waals surface area contributed by atoms with Crippen LogP contribution < -0.4 is 0 Å². The van der Waals surface area contributed by atoms with Gasteiger partial charge in [0.15, 0.2) is 0 Å². The molecule has 0 aliphatic rings. The SMILES string of the molecule is CN(C)C(=O)/C(C#N)=C/c1cn(Cc2ccc(Cl)cc2Cl)c2ccccc12. The standard InChI is InChI=1S/C21H17Cl2N3O/c1-25(2)21(27)15(11-24)9-16-13-26(20-6-4-3-5-18(16)20)12-14-7-8-17(22)10-19(14)23/h3-10,13H,12H2,1-2H3/b15-9+. The number of aromatic nitrogens is 1. The van der Waals surface area contributed by atoms with Gasteiger partial charge in [-0.3, -0.25) is 4.79 Å². The Labute approximate surface area is 167 Å². The summed E-state index contributed by atoms with van der Waals surface area (Å²) in [4.78, 5) is 13.6. The zero-order chi connectivity index (χ0) is 19.6. The van der Waals surface area contributed by atoms with Gasteiger partial charge in [0, 0.05) is 53.3 Å². The van der Waals surface area contributed by atoms with Crippen LogP contribution in [0.5, 0.6) is 0 Å². The lowest BCUT2D eigenvalue weighted by molar-refractivity contribution is -0.124. The quantitative estimate of drug-likeness (QED) is 0.459. The van der Waals surface area contributed by atoms with Crippen molar-refractivity contribution >= 4 is 46.1 Å². The fourth-order valence-electron chi connectivity index (χ4n) is 2.89. The first-order valence-corrected chi connectivity index (χ1v) is 9.01. The molecule has 0 aliphatic carbocycles. The largest absolute Gasteiger partial charge is 0.344 e. The van der Waals surface area contributed by atoms with Crippen LogP contribution in [0.25, 0.3) is 17.0 Å². The number of nitrogens with zero attached hydrogens (tertiary/aromatic N) is 3. The van der Waals surface area contributed by atoms with Crippen molar-refractivity contribution in [3.8, 4) is 6.07 Å². The van der Waals surface area contributed by atoms with E-state index >= 15 is 0 Å². The molecule has 2 aromatic carbocycles. The van der Waals surface area contributed by atoms with Crippen molar-refractivity contribution in [2.24, 2.45) is 0 Å². The van der Waals surface area contributed by atoms with Gasteiger partial charge in [-0.1, -0.05) is 47.5 Å². The molecule has 4 nitrogen and oxygen atoms in total. The molecular weight excluding hydrogens is 381 g/mol. The van der Waals surface area contributed by atoms with Crippen LogP contribution in [-0.2, 0) is 11.3 Å². The Morgan fingerprint density at radius 2 is 1.96 bits per heavy atom. The number of halogens is 2. The van der Waals surface area contributed by atoms with Crippen molar-refractivity contribution < 1.29 is 4.79 Å². The van der Waals surface area contributed by atoms with Crippen molar-refractivity contribution in [2.45, 2.75) is 6.54 Å². The molecule has 6 heteroatoms. The normalized spacial score (nSPS) is 11.4. The number of nitriles is 1. The summed E-state index contributed by atoms with van der Waals surface area (Å²) in [5.74, 6) is -0.324. The van der Waals surface area contributed by atoms with E-state index < -0.39 is 0 Å². The number of likely N-dealkylation sites (N-methyl/N-ethyl adjacent to an activating group) is 1. The highest BCUT2D eigenvalue weighted by atomic mass is 35.5. The average Bonchev–Trinajstić information content (AvgIpc) is 2.99. The molecule has 27 heavy (non-hydrogen) atoms. The number of carbonyl (C=O) groups excluding carboxylic acids is 1. The summed E-state index contributed by atoms with van der Waals surface area (Å²) in [5.41, 5.74) is 2.82. The Bertz CT molecular complexity index is 1090. The van der Waals surface area contributed by atoms with E-state index in [0.717, 1.165) is 22.0 Å². The van der Waals surface area contributed by atoms with Gasteiger partial charge in [-0.25, -0.2) is 0 Å². The molecule has 1 aromatic heterocycles. The van der Waals surface area contributed by atoms with Crippen LogP contribution in [0.1, 0.15) is 11.1 Å². The predicted molar refractivity (Wildman–Crippen MR) is 110 cm³/mol. The highest BCUT2D eigenvalue weighted by molar-refractivity contribution is 6.35. The second kappa shape index (κ2) is 7.87. The first-order chi connectivity index (χ1) is 12.9. The summed E-state index contributed by atoms with van der Waals surface area (Å²) >= 11 is 12.3. The molecule has 3 rings (SSSR count). The van der Waals surface area contributed by atoms with Gasteiger partial charge >= 0.3 is 0 Å². The van der Waals surface area contributed by atoms with Crippen LogP contribution in [0.15, 0.2) is 54.2 Å². The number of para-hydroxylation sites is 1. The minimum absolute atomic E-state index is 0.0902. The van der Waals surface area contributed by atoms with E-state index in [-0.39, 0.29) is 11.5 Å². The molecule has 0 aliphatic heterocycles. The van der Waals surface area contributed by atoms with Gasteiger partial charge in [0.2, 0.25) is 0 Å². The van der Waals surface area contributed by atoms with E-state index in [9.17, 15) is 10.1 Å². The van der Waals surface area contributed by atoms with E-state index in [4.69, 9.17) is 23.2 Å². The molecule has 136 valence electrons. The van der Waals surface area contributed by atoms with Crippen LogP contribution in [-0.4, -0.2) is 29.5 Å². The molecular formula is C21H17Cl2N3O. The van der Waals surface area contributed by atoms with Crippen molar-refractivity contribution in [2.75, 3.05) is 14.1 Å². The Balaban J connectivity index is 2.09. The molecule has 1 amide bonds. The molecule has 0 saturated heterocycles. The van der Waals surface area contributed by atoms with Gasteiger partial charge in [0.25, 0.3) is 5.91 Å². The molecule has 0 bridgehead atoms. The zero-order valence-electron chi connectivity index (χ0n) is 14.9. The Kier molecular flexibility index (Phi) is 5.55. The second-order valence-corrected chi connectivity index (χ2v) is 7.18. The summed E-state index contributed by atoms with van der Waals surface area (Å²) in [5, 5.41) is 11.5. The number of benzene rings is 2. The summed E-state index contributed by atoms with van der Waals surface area (Å²) in [6.07, 6.45) is 3.56. The fraction of sp³-hybridized carbons (Fsp3) is 0.143. The molecule has 3 aromatic rings. The number of carbonyl (C=O) groups is 1. The number of amides is 1. The van der Waals surface area contributed by atoms with E-state index in [1.54, 1.807) is 32.3 Å². The summed E-state index contributed by atoms with van der Waals surface area (Å²) in [6.45, 7) is 0.549. The third kappa shape index (κ3) is 4.00.